The molecule has 1 fully saturated rings. The van der Waals surface area contributed by atoms with Crippen LogP contribution in [-0.2, 0) is 10.3 Å². The molecule has 4 rings (SSSR count). The largest absolute Gasteiger partial charge is 0.495 e. The van der Waals surface area contributed by atoms with Gasteiger partial charge in [-0.05, 0) is 79.6 Å². The molecule has 8 nitrogen and oxygen atoms in total. The normalized spacial score (nSPS) is 21.5. The Morgan fingerprint density at radius 1 is 1.06 bits per heavy atom. The number of carbonyl (C=O) groups is 2. The van der Waals surface area contributed by atoms with Gasteiger partial charge in [-0.15, -0.1) is 0 Å². The number of aromatic carboxylic acids is 1. The SMILES string of the molecule is COc1cc(C(=O)O)ccc1NC(=O)C1C(c2cccc(Cl)c2F)C(N)(c2ccc(Cl)cc2F)C(CC(C)(C)C)N1CCCCCO. The van der Waals surface area contributed by atoms with Gasteiger partial charge in [0.1, 0.15) is 17.4 Å². The van der Waals surface area contributed by atoms with Crippen molar-refractivity contribution in [1.82, 2.24) is 4.90 Å². The summed E-state index contributed by atoms with van der Waals surface area (Å²) in [4.78, 5) is 28.2. The van der Waals surface area contributed by atoms with Crippen LogP contribution in [0, 0.1) is 17.0 Å². The zero-order valence-electron chi connectivity index (χ0n) is 26.8. The number of nitrogens with zero attached hydrogens (tertiary/aromatic N) is 1. The first kappa shape index (κ1) is 36.6. The second kappa shape index (κ2) is 14.9. The van der Waals surface area contributed by atoms with Crippen LogP contribution in [0.1, 0.15) is 73.9 Å². The molecule has 0 bridgehead atoms. The van der Waals surface area contributed by atoms with Crippen LogP contribution in [-0.4, -0.2) is 59.3 Å². The molecule has 1 aliphatic heterocycles. The number of nitrogens with two attached hydrogens (primary N) is 1. The number of carboxylic acids is 1. The van der Waals surface area contributed by atoms with Crippen LogP contribution in [0.25, 0.3) is 0 Å². The van der Waals surface area contributed by atoms with E-state index in [1.165, 1.54) is 49.6 Å². The minimum Gasteiger partial charge on any atom is -0.495 e. The second-order valence-electron chi connectivity index (χ2n) is 13.1. The standard InChI is InChI=1S/C35H41Cl2F2N3O5/c1-34(2,3)19-28-35(40,23-13-12-21(36)18-25(23)38)29(22-9-8-10-24(37)30(22)39)31(42(28)15-6-5-7-16-43)32(44)41-26-14-11-20(33(45)46)17-27(26)47-4/h8-14,17-18,28-29,31,43H,5-7,15-16,19,40H2,1-4H3,(H,41,44)(H,45,46). The minimum absolute atomic E-state index is 0.00533. The molecular formula is C35H41Cl2F2N3O5. The number of benzene rings is 3. The molecule has 4 unspecified atom stereocenters. The van der Waals surface area contributed by atoms with Crippen molar-refractivity contribution in [2.24, 2.45) is 11.1 Å². The van der Waals surface area contributed by atoms with Crippen molar-refractivity contribution in [2.45, 2.75) is 70.0 Å². The fourth-order valence-electron chi connectivity index (χ4n) is 6.68. The van der Waals surface area contributed by atoms with Crippen molar-refractivity contribution in [3.05, 3.63) is 93.0 Å². The highest BCUT2D eigenvalue weighted by Gasteiger charge is 2.62. The van der Waals surface area contributed by atoms with Crippen LogP contribution in [0.3, 0.4) is 0 Å². The molecule has 1 amide bonds. The van der Waals surface area contributed by atoms with E-state index in [-0.39, 0.29) is 50.2 Å². The monoisotopic (exact) mass is 691 g/mol. The van der Waals surface area contributed by atoms with E-state index in [4.69, 9.17) is 33.7 Å². The van der Waals surface area contributed by atoms with Gasteiger partial charge in [-0.1, -0.05) is 62.2 Å². The summed E-state index contributed by atoms with van der Waals surface area (Å²) in [6, 6.07) is 10.8. The molecule has 5 N–H and O–H groups in total. The highest BCUT2D eigenvalue weighted by molar-refractivity contribution is 6.31. The van der Waals surface area contributed by atoms with E-state index in [1.807, 2.05) is 25.7 Å². The number of anilines is 1. The number of nitrogens with one attached hydrogen (secondary N) is 1. The lowest BCUT2D eigenvalue weighted by atomic mass is 9.68. The van der Waals surface area contributed by atoms with Crippen LogP contribution in [0.4, 0.5) is 14.5 Å². The first-order valence-electron chi connectivity index (χ1n) is 15.4. The quantitative estimate of drug-likeness (QED) is 0.148. The van der Waals surface area contributed by atoms with Crippen molar-refractivity contribution in [3.63, 3.8) is 0 Å². The molecule has 0 spiro atoms. The summed E-state index contributed by atoms with van der Waals surface area (Å²) in [7, 11) is 1.34. The summed E-state index contributed by atoms with van der Waals surface area (Å²) < 4.78 is 37.7. The summed E-state index contributed by atoms with van der Waals surface area (Å²) in [6.07, 6.45) is 2.13. The van der Waals surface area contributed by atoms with Crippen LogP contribution in [0.2, 0.25) is 10.0 Å². The van der Waals surface area contributed by atoms with Gasteiger partial charge >= 0.3 is 5.97 Å². The van der Waals surface area contributed by atoms with E-state index in [9.17, 15) is 19.8 Å². The number of aliphatic hydroxyl groups is 1. The Hall–Kier alpha value is -3.28. The third-order valence-corrected chi connectivity index (χ3v) is 9.24. The molecule has 254 valence electrons. The number of amides is 1. The average molecular weight is 693 g/mol. The van der Waals surface area contributed by atoms with Crippen molar-refractivity contribution >= 4 is 40.8 Å². The first-order chi connectivity index (χ1) is 22.1. The maximum absolute atomic E-state index is 16.2. The van der Waals surface area contributed by atoms with E-state index in [0.717, 1.165) is 6.07 Å². The number of hydrogen-bond donors (Lipinski definition) is 4. The summed E-state index contributed by atoms with van der Waals surface area (Å²) in [5, 5.41) is 21.8. The van der Waals surface area contributed by atoms with Gasteiger partial charge in [-0.3, -0.25) is 9.69 Å². The smallest absolute Gasteiger partial charge is 0.335 e. The summed E-state index contributed by atoms with van der Waals surface area (Å²) in [5.74, 6) is -4.29. The summed E-state index contributed by atoms with van der Waals surface area (Å²) in [6.45, 7) is 6.34. The van der Waals surface area contributed by atoms with Gasteiger partial charge in [0.05, 0.1) is 35.0 Å². The van der Waals surface area contributed by atoms with Gasteiger partial charge in [-0.25, -0.2) is 13.6 Å². The third kappa shape index (κ3) is 7.73. The number of carboxylic acid groups (broad SMARTS) is 1. The molecular weight excluding hydrogens is 651 g/mol. The van der Waals surface area contributed by atoms with E-state index in [2.05, 4.69) is 5.32 Å². The number of halogens is 4. The summed E-state index contributed by atoms with van der Waals surface area (Å²) >= 11 is 12.5. The molecule has 0 radical (unpaired) electrons. The Balaban J connectivity index is 2.00. The van der Waals surface area contributed by atoms with Crippen molar-refractivity contribution in [3.8, 4) is 5.75 Å². The van der Waals surface area contributed by atoms with E-state index >= 15 is 8.78 Å². The maximum atomic E-state index is 16.2. The molecule has 1 aliphatic rings. The van der Waals surface area contributed by atoms with Crippen LogP contribution in [0.5, 0.6) is 5.75 Å². The Morgan fingerprint density at radius 3 is 2.40 bits per heavy atom. The Bertz CT molecular complexity index is 1620. The third-order valence-electron chi connectivity index (χ3n) is 8.71. The van der Waals surface area contributed by atoms with Crippen molar-refractivity contribution in [2.75, 3.05) is 25.6 Å². The van der Waals surface area contributed by atoms with Crippen LogP contribution >= 0.6 is 23.2 Å². The Morgan fingerprint density at radius 2 is 1.79 bits per heavy atom. The average Bonchev–Trinajstić information content (AvgIpc) is 3.23. The molecule has 3 aromatic carbocycles. The van der Waals surface area contributed by atoms with Gasteiger partial charge < -0.3 is 26.0 Å². The molecule has 0 saturated carbocycles. The number of hydrogen-bond acceptors (Lipinski definition) is 6. The van der Waals surface area contributed by atoms with Crippen molar-refractivity contribution in [1.29, 1.82) is 0 Å². The Labute approximate surface area is 283 Å². The van der Waals surface area contributed by atoms with Crippen molar-refractivity contribution < 1.29 is 33.3 Å². The number of unbranched alkanes of at least 4 members (excludes halogenated alkanes) is 2. The number of aliphatic hydroxyl groups excluding tert-OH is 1. The molecule has 12 heteroatoms. The number of ether oxygens (including phenoxy) is 1. The number of likely N-dealkylation sites (tertiary alicyclic amines) is 1. The fourth-order valence-corrected chi connectivity index (χ4v) is 7.02. The highest BCUT2D eigenvalue weighted by atomic mass is 35.5. The molecule has 0 aromatic heterocycles. The molecule has 4 atom stereocenters. The lowest BCUT2D eigenvalue weighted by Gasteiger charge is -2.41. The number of methoxy groups -OCH3 is 1. The topological polar surface area (TPSA) is 125 Å². The molecule has 1 saturated heterocycles. The van der Waals surface area contributed by atoms with Crippen LogP contribution in [0.15, 0.2) is 54.6 Å². The molecule has 0 aliphatic carbocycles. The first-order valence-corrected chi connectivity index (χ1v) is 16.2. The maximum Gasteiger partial charge on any atom is 0.335 e. The van der Waals surface area contributed by atoms with E-state index < -0.39 is 47.1 Å². The number of rotatable bonds is 12. The predicted molar refractivity (Wildman–Crippen MR) is 179 cm³/mol. The molecule has 47 heavy (non-hydrogen) atoms. The van der Waals surface area contributed by atoms with Gasteiger partial charge in [-0.2, -0.15) is 0 Å². The van der Waals surface area contributed by atoms with Gasteiger partial charge in [0.2, 0.25) is 5.91 Å². The highest BCUT2D eigenvalue weighted by Crippen LogP contribution is 2.54. The minimum atomic E-state index is -1.68. The Kier molecular flexibility index (Phi) is 11.6. The van der Waals surface area contributed by atoms with E-state index in [1.54, 1.807) is 6.07 Å². The molecule has 1 heterocycles. The zero-order chi connectivity index (χ0) is 34.7. The lowest BCUT2D eigenvalue weighted by molar-refractivity contribution is -0.121. The molecule has 3 aromatic rings. The fraction of sp³-hybridized carbons (Fsp3) is 0.429. The second-order valence-corrected chi connectivity index (χ2v) is 14.0. The van der Waals surface area contributed by atoms with E-state index in [0.29, 0.717) is 32.2 Å². The van der Waals surface area contributed by atoms with Gasteiger partial charge in [0.15, 0.2) is 0 Å². The van der Waals surface area contributed by atoms with Gasteiger partial charge in [0, 0.05) is 29.2 Å². The summed E-state index contributed by atoms with van der Waals surface area (Å²) in [5.41, 5.74) is 5.68. The number of carbonyl (C=O) groups excluding carboxylic acids is 1. The zero-order valence-corrected chi connectivity index (χ0v) is 28.3. The lowest BCUT2D eigenvalue weighted by Crippen LogP contribution is -2.53. The van der Waals surface area contributed by atoms with Crippen LogP contribution < -0.4 is 15.8 Å². The predicted octanol–water partition coefficient (Wildman–Crippen LogP) is 7.21. The van der Waals surface area contributed by atoms with Gasteiger partial charge in [0.25, 0.3) is 0 Å².